The zero-order chi connectivity index (χ0) is 10.2. The Labute approximate surface area is 86.5 Å². The third-order valence-electron chi connectivity index (χ3n) is 3.17. The molecule has 2 rings (SSSR count). The van der Waals surface area contributed by atoms with Crippen molar-refractivity contribution in [3.63, 3.8) is 0 Å². The second kappa shape index (κ2) is 3.30. The Morgan fingerprint density at radius 3 is 2.86 bits per heavy atom. The van der Waals surface area contributed by atoms with Crippen molar-refractivity contribution < 1.29 is 0 Å². The molecule has 1 heterocycles. The Morgan fingerprint density at radius 1 is 1.29 bits per heavy atom. The van der Waals surface area contributed by atoms with Crippen LogP contribution >= 0.6 is 0 Å². The minimum absolute atomic E-state index is 0.422. The van der Waals surface area contributed by atoms with Gasteiger partial charge >= 0.3 is 0 Å². The molecule has 1 heteroatoms. The molecule has 1 aromatic carbocycles. The molecule has 1 nitrogen and oxygen atoms in total. The summed E-state index contributed by atoms with van der Waals surface area (Å²) in [6, 6.07) is 6.59. The number of para-hydroxylation sites is 1. The number of hydrogen-bond acceptors (Lipinski definition) is 1. The van der Waals surface area contributed by atoms with Crippen LogP contribution in [0.5, 0.6) is 0 Å². The fourth-order valence-corrected chi connectivity index (χ4v) is 2.08. The van der Waals surface area contributed by atoms with Gasteiger partial charge in [-0.15, -0.1) is 0 Å². The second-order valence-corrected chi connectivity index (χ2v) is 5.13. The summed E-state index contributed by atoms with van der Waals surface area (Å²) in [6.45, 7) is 7.94. The minimum Gasteiger partial charge on any atom is -0.384 e. The summed E-state index contributed by atoms with van der Waals surface area (Å²) < 4.78 is 0. The number of nitrogens with one attached hydrogen (secondary N) is 1. The van der Waals surface area contributed by atoms with E-state index in [9.17, 15) is 0 Å². The molecular weight excluding hydrogens is 170 g/mol. The maximum atomic E-state index is 3.58. The van der Waals surface area contributed by atoms with Gasteiger partial charge in [0.2, 0.25) is 0 Å². The Hall–Kier alpha value is -0.980. The Bertz CT molecular complexity index is 339. The van der Waals surface area contributed by atoms with Gasteiger partial charge in [0, 0.05) is 12.2 Å². The van der Waals surface area contributed by atoms with Crippen molar-refractivity contribution in [1.29, 1.82) is 0 Å². The topological polar surface area (TPSA) is 12.0 Å². The van der Waals surface area contributed by atoms with Gasteiger partial charge in [-0.05, 0) is 36.3 Å². The zero-order valence-electron chi connectivity index (χ0n) is 9.35. The van der Waals surface area contributed by atoms with Crippen LogP contribution in [0, 0.1) is 12.3 Å². The van der Waals surface area contributed by atoms with Gasteiger partial charge in [-0.3, -0.25) is 0 Å². The van der Waals surface area contributed by atoms with Crippen molar-refractivity contribution >= 4 is 5.69 Å². The van der Waals surface area contributed by atoms with Gasteiger partial charge in [0.05, 0.1) is 0 Å². The van der Waals surface area contributed by atoms with Gasteiger partial charge in [0.15, 0.2) is 0 Å². The SMILES string of the molecule is Cc1cccc2c1NCC(C)(C)CC2. The molecule has 0 radical (unpaired) electrons. The first-order valence-corrected chi connectivity index (χ1v) is 5.41. The van der Waals surface area contributed by atoms with Crippen molar-refractivity contribution in [1.82, 2.24) is 0 Å². The van der Waals surface area contributed by atoms with E-state index in [4.69, 9.17) is 0 Å². The molecule has 1 aliphatic rings. The molecule has 0 aliphatic carbocycles. The van der Waals surface area contributed by atoms with Crippen LogP contribution in [0.25, 0.3) is 0 Å². The van der Waals surface area contributed by atoms with Crippen molar-refractivity contribution in [3.8, 4) is 0 Å². The molecule has 0 aromatic heterocycles. The molecule has 0 amide bonds. The first-order chi connectivity index (χ1) is 6.58. The number of rotatable bonds is 0. The Kier molecular flexibility index (Phi) is 2.26. The van der Waals surface area contributed by atoms with Crippen LogP contribution in [0.3, 0.4) is 0 Å². The van der Waals surface area contributed by atoms with Crippen LogP contribution < -0.4 is 5.32 Å². The number of aryl methyl sites for hydroxylation is 2. The molecule has 1 N–H and O–H groups in total. The smallest absolute Gasteiger partial charge is 0.0402 e. The number of hydrogen-bond donors (Lipinski definition) is 1. The molecule has 0 unspecified atom stereocenters. The summed E-state index contributed by atoms with van der Waals surface area (Å²) in [5, 5.41) is 3.58. The molecule has 0 bridgehead atoms. The highest BCUT2D eigenvalue weighted by Gasteiger charge is 2.22. The molecule has 0 fully saturated rings. The highest BCUT2D eigenvalue weighted by molar-refractivity contribution is 5.58. The second-order valence-electron chi connectivity index (χ2n) is 5.13. The van der Waals surface area contributed by atoms with Crippen molar-refractivity contribution in [2.75, 3.05) is 11.9 Å². The molecule has 76 valence electrons. The van der Waals surface area contributed by atoms with E-state index in [-0.39, 0.29) is 0 Å². The lowest BCUT2D eigenvalue weighted by atomic mass is 9.87. The van der Waals surface area contributed by atoms with E-state index in [1.807, 2.05) is 0 Å². The molecule has 0 saturated carbocycles. The van der Waals surface area contributed by atoms with Crippen molar-refractivity contribution in [3.05, 3.63) is 29.3 Å². The van der Waals surface area contributed by atoms with Gasteiger partial charge in [0.25, 0.3) is 0 Å². The van der Waals surface area contributed by atoms with Crippen LogP contribution in [0.15, 0.2) is 18.2 Å². The number of anilines is 1. The summed E-state index contributed by atoms with van der Waals surface area (Å²) >= 11 is 0. The first kappa shape index (κ1) is 9.57. The van der Waals surface area contributed by atoms with E-state index in [0.717, 1.165) is 6.54 Å². The minimum atomic E-state index is 0.422. The Balaban J connectivity index is 2.34. The van der Waals surface area contributed by atoms with Crippen LogP contribution in [0.4, 0.5) is 5.69 Å². The van der Waals surface area contributed by atoms with Crippen molar-refractivity contribution in [2.45, 2.75) is 33.6 Å². The summed E-state index contributed by atoms with van der Waals surface area (Å²) in [5.74, 6) is 0. The largest absolute Gasteiger partial charge is 0.384 e. The number of fused-ring (bicyclic) bond motifs is 1. The fraction of sp³-hybridized carbons (Fsp3) is 0.538. The van der Waals surface area contributed by atoms with Crippen molar-refractivity contribution in [2.24, 2.45) is 5.41 Å². The molecule has 1 aliphatic heterocycles. The Morgan fingerprint density at radius 2 is 2.07 bits per heavy atom. The highest BCUT2D eigenvalue weighted by Crippen LogP contribution is 2.32. The van der Waals surface area contributed by atoms with Gasteiger partial charge in [-0.1, -0.05) is 32.0 Å². The molecule has 14 heavy (non-hydrogen) atoms. The van der Waals surface area contributed by atoms with Gasteiger partial charge < -0.3 is 5.32 Å². The lowest BCUT2D eigenvalue weighted by molar-refractivity contribution is 0.365. The summed E-state index contributed by atoms with van der Waals surface area (Å²) in [7, 11) is 0. The first-order valence-electron chi connectivity index (χ1n) is 5.41. The fourth-order valence-electron chi connectivity index (χ4n) is 2.08. The molecule has 0 saturated heterocycles. The molecule has 1 aromatic rings. The van der Waals surface area contributed by atoms with Gasteiger partial charge in [0.1, 0.15) is 0 Å². The average Bonchev–Trinajstić information content (AvgIpc) is 2.27. The lowest BCUT2D eigenvalue weighted by Crippen LogP contribution is -2.21. The van der Waals surface area contributed by atoms with Crippen LogP contribution in [-0.2, 0) is 6.42 Å². The van der Waals surface area contributed by atoms with Gasteiger partial charge in [-0.25, -0.2) is 0 Å². The highest BCUT2D eigenvalue weighted by atomic mass is 14.9. The summed E-state index contributed by atoms with van der Waals surface area (Å²) in [6.07, 6.45) is 2.48. The van der Waals surface area contributed by atoms with E-state index in [1.165, 1.54) is 29.7 Å². The van der Waals surface area contributed by atoms with E-state index < -0.39 is 0 Å². The maximum Gasteiger partial charge on any atom is 0.0402 e. The summed E-state index contributed by atoms with van der Waals surface area (Å²) in [4.78, 5) is 0. The monoisotopic (exact) mass is 189 g/mol. The third kappa shape index (κ3) is 1.77. The van der Waals surface area contributed by atoms with Crippen LogP contribution in [0.1, 0.15) is 31.4 Å². The predicted molar refractivity (Wildman–Crippen MR) is 61.8 cm³/mol. The quantitative estimate of drug-likeness (QED) is 0.659. The molecule has 0 atom stereocenters. The van der Waals surface area contributed by atoms with E-state index in [1.54, 1.807) is 0 Å². The lowest BCUT2D eigenvalue weighted by Gasteiger charge is -2.22. The zero-order valence-corrected chi connectivity index (χ0v) is 9.35. The standard InChI is InChI=1S/C13H19N/c1-10-5-4-6-11-7-8-13(2,3)9-14-12(10)11/h4-6,14H,7-9H2,1-3H3. The molecule has 0 spiro atoms. The predicted octanol–water partition coefficient (Wildman–Crippen LogP) is 3.38. The molecular formula is C13H19N. The van der Waals surface area contributed by atoms with E-state index in [2.05, 4.69) is 44.3 Å². The average molecular weight is 189 g/mol. The summed E-state index contributed by atoms with van der Waals surface area (Å²) in [5.41, 5.74) is 4.65. The third-order valence-corrected chi connectivity index (χ3v) is 3.17. The van der Waals surface area contributed by atoms with Crippen LogP contribution in [-0.4, -0.2) is 6.54 Å². The van der Waals surface area contributed by atoms with Gasteiger partial charge in [-0.2, -0.15) is 0 Å². The van der Waals surface area contributed by atoms with E-state index in [0.29, 0.717) is 5.41 Å². The normalized spacial score (nSPS) is 19.4. The maximum absolute atomic E-state index is 3.58. The van der Waals surface area contributed by atoms with E-state index >= 15 is 0 Å². The van der Waals surface area contributed by atoms with Crippen LogP contribution in [0.2, 0.25) is 0 Å². The number of benzene rings is 1.